The first kappa shape index (κ1) is 15.7. The van der Waals surface area contributed by atoms with Gasteiger partial charge in [-0.15, -0.1) is 0 Å². The molecule has 108 valence electrons. The molecule has 0 N–H and O–H groups in total. The van der Waals surface area contributed by atoms with Crippen LogP contribution in [0.4, 0.5) is 0 Å². The van der Waals surface area contributed by atoms with Crippen molar-refractivity contribution < 1.29 is 19.1 Å². The van der Waals surface area contributed by atoms with Crippen LogP contribution in [0.1, 0.15) is 41.5 Å². The number of amides is 2. The predicted molar refractivity (Wildman–Crippen MR) is 70.1 cm³/mol. The highest BCUT2D eigenvalue weighted by Gasteiger charge is 2.57. The Bertz CT molecular complexity index is 410. The third-order valence-corrected chi connectivity index (χ3v) is 3.72. The first-order valence-corrected chi connectivity index (χ1v) is 6.60. The first-order chi connectivity index (χ1) is 8.56. The zero-order valence-corrected chi connectivity index (χ0v) is 12.6. The molecule has 0 radical (unpaired) electrons. The number of imide groups is 1. The second-order valence-corrected chi connectivity index (χ2v) is 6.29. The molecule has 5 heteroatoms. The average Bonchev–Trinajstić information content (AvgIpc) is 2.53. The van der Waals surface area contributed by atoms with Crippen LogP contribution in [0, 0.1) is 16.7 Å². The molecule has 2 amide bonds. The standard InChI is InChI=1S/C14H23NO4/c1-7-19-12(18)14(6)9(2)8-15(11(14)17)10(16)13(3,4)5/h9H,7-8H2,1-6H3. The van der Waals surface area contributed by atoms with E-state index in [9.17, 15) is 14.4 Å². The van der Waals surface area contributed by atoms with Crippen molar-refractivity contribution >= 4 is 17.8 Å². The van der Waals surface area contributed by atoms with Crippen LogP contribution in [0.3, 0.4) is 0 Å². The van der Waals surface area contributed by atoms with Crippen molar-refractivity contribution in [1.29, 1.82) is 0 Å². The molecule has 0 aromatic rings. The van der Waals surface area contributed by atoms with Gasteiger partial charge in [0.25, 0.3) is 0 Å². The zero-order chi connectivity index (χ0) is 15.0. The number of hydrogen-bond acceptors (Lipinski definition) is 4. The molecule has 1 aliphatic rings. The van der Waals surface area contributed by atoms with Gasteiger partial charge in [-0.05, 0) is 19.8 Å². The van der Waals surface area contributed by atoms with Gasteiger partial charge >= 0.3 is 5.97 Å². The second kappa shape index (κ2) is 4.94. The summed E-state index contributed by atoms with van der Waals surface area (Å²) in [7, 11) is 0. The van der Waals surface area contributed by atoms with Crippen molar-refractivity contribution in [2.24, 2.45) is 16.7 Å². The molecule has 0 aromatic carbocycles. The molecule has 1 aliphatic heterocycles. The fourth-order valence-corrected chi connectivity index (χ4v) is 2.18. The summed E-state index contributed by atoms with van der Waals surface area (Å²) >= 11 is 0. The Balaban J connectivity index is 3.06. The summed E-state index contributed by atoms with van der Waals surface area (Å²) in [6, 6.07) is 0. The van der Waals surface area contributed by atoms with E-state index in [0.717, 1.165) is 0 Å². The number of carbonyl (C=O) groups is 3. The first-order valence-electron chi connectivity index (χ1n) is 6.60. The topological polar surface area (TPSA) is 63.7 Å². The van der Waals surface area contributed by atoms with E-state index < -0.39 is 22.7 Å². The molecule has 1 saturated heterocycles. The maximum Gasteiger partial charge on any atom is 0.321 e. The molecular formula is C14H23NO4. The van der Waals surface area contributed by atoms with Crippen LogP contribution < -0.4 is 0 Å². The molecule has 0 aliphatic carbocycles. The third-order valence-electron chi connectivity index (χ3n) is 3.72. The van der Waals surface area contributed by atoms with Crippen LogP contribution in [-0.4, -0.2) is 35.8 Å². The molecule has 0 aromatic heterocycles. The normalized spacial score (nSPS) is 27.6. The number of likely N-dealkylation sites (tertiary alicyclic amines) is 1. The molecular weight excluding hydrogens is 246 g/mol. The van der Waals surface area contributed by atoms with E-state index in [-0.39, 0.29) is 25.0 Å². The van der Waals surface area contributed by atoms with Crippen LogP contribution >= 0.6 is 0 Å². The fraction of sp³-hybridized carbons (Fsp3) is 0.786. The minimum atomic E-state index is -1.25. The number of hydrogen-bond donors (Lipinski definition) is 0. The maximum absolute atomic E-state index is 12.4. The van der Waals surface area contributed by atoms with Gasteiger partial charge in [-0.3, -0.25) is 19.3 Å². The molecule has 1 heterocycles. The van der Waals surface area contributed by atoms with Gasteiger partial charge in [-0.1, -0.05) is 27.7 Å². The number of esters is 1. The highest BCUT2D eigenvalue weighted by Crippen LogP contribution is 2.39. The van der Waals surface area contributed by atoms with Crippen molar-refractivity contribution in [2.75, 3.05) is 13.2 Å². The molecule has 5 nitrogen and oxygen atoms in total. The summed E-state index contributed by atoms with van der Waals surface area (Å²) in [5.74, 6) is -1.49. The van der Waals surface area contributed by atoms with Crippen LogP contribution in [0.25, 0.3) is 0 Å². The Labute approximate surface area is 114 Å². The number of nitrogens with zero attached hydrogens (tertiary/aromatic N) is 1. The Hall–Kier alpha value is -1.39. The molecule has 19 heavy (non-hydrogen) atoms. The number of carbonyl (C=O) groups excluding carboxylic acids is 3. The van der Waals surface area contributed by atoms with Crippen LogP contribution in [0.5, 0.6) is 0 Å². The quantitative estimate of drug-likeness (QED) is 0.564. The lowest BCUT2D eigenvalue weighted by molar-refractivity contribution is -0.163. The van der Waals surface area contributed by atoms with Crippen molar-refractivity contribution in [3.05, 3.63) is 0 Å². The van der Waals surface area contributed by atoms with Gasteiger partial charge < -0.3 is 4.74 Å². The minimum absolute atomic E-state index is 0.224. The van der Waals surface area contributed by atoms with E-state index in [2.05, 4.69) is 0 Å². The van der Waals surface area contributed by atoms with Gasteiger partial charge in [-0.2, -0.15) is 0 Å². The molecule has 1 rings (SSSR count). The summed E-state index contributed by atoms with van der Waals surface area (Å²) in [6.07, 6.45) is 0. The van der Waals surface area contributed by atoms with Gasteiger partial charge in [0.2, 0.25) is 11.8 Å². The lowest BCUT2D eigenvalue weighted by Gasteiger charge is -2.26. The van der Waals surface area contributed by atoms with Gasteiger partial charge in [-0.25, -0.2) is 0 Å². The minimum Gasteiger partial charge on any atom is -0.465 e. The lowest BCUT2D eigenvalue weighted by atomic mass is 9.80. The van der Waals surface area contributed by atoms with Crippen molar-refractivity contribution in [2.45, 2.75) is 41.5 Å². The van der Waals surface area contributed by atoms with E-state index in [0.29, 0.717) is 0 Å². The summed E-state index contributed by atoms with van der Waals surface area (Å²) in [5, 5.41) is 0. The van der Waals surface area contributed by atoms with E-state index in [1.54, 1.807) is 41.5 Å². The van der Waals surface area contributed by atoms with Gasteiger partial charge in [0.05, 0.1) is 6.61 Å². The van der Waals surface area contributed by atoms with Crippen LogP contribution in [0.15, 0.2) is 0 Å². The third kappa shape index (κ3) is 2.51. The molecule has 0 bridgehead atoms. The van der Waals surface area contributed by atoms with Crippen molar-refractivity contribution in [1.82, 2.24) is 4.90 Å². The fourth-order valence-electron chi connectivity index (χ4n) is 2.18. The highest BCUT2D eigenvalue weighted by molar-refractivity contribution is 6.11. The average molecular weight is 269 g/mol. The summed E-state index contributed by atoms with van der Waals surface area (Å²) < 4.78 is 4.99. The Kier molecular flexibility index (Phi) is 4.08. The maximum atomic E-state index is 12.4. The van der Waals surface area contributed by atoms with Gasteiger partial charge in [0.15, 0.2) is 0 Å². The monoisotopic (exact) mass is 269 g/mol. The number of rotatable bonds is 2. The van der Waals surface area contributed by atoms with Gasteiger partial charge in [0, 0.05) is 12.0 Å². The highest BCUT2D eigenvalue weighted by atomic mass is 16.5. The predicted octanol–water partition coefficient (Wildman–Crippen LogP) is 1.61. The molecule has 2 atom stereocenters. The summed E-state index contributed by atoms with van der Waals surface area (Å²) in [4.78, 5) is 37.9. The SMILES string of the molecule is CCOC(=O)C1(C)C(=O)N(C(=O)C(C)(C)C)CC1C. The Morgan fingerprint density at radius 2 is 1.95 bits per heavy atom. The zero-order valence-electron chi connectivity index (χ0n) is 12.6. The van der Waals surface area contributed by atoms with E-state index >= 15 is 0 Å². The summed E-state index contributed by atoms with van der Waals surface area (Å²) in [6.45, 7) is 10.8. The van der Waals surface area contributed by atoms with Gasteiger partial charge in [0.1, 0.15) is 5.41 Å². The molecule has 0 saturated carbocycles. The van der Waals surface area contributed by atoms with E-state index in [1.165, 1.54) is 4.90 Å². The molecule has 2 unspecified atom stereocenters. The molecule has 0 spiro atoms. The van der Waals surface area contributed by atoms with Crippen molar-refractivity contribution in [3.63, 3.8) is 0 Å². The summed E-state index contributed by atoms with van der Waals surface area (Å²) in [5.41, 5.74) is -1.90. The Morgan fingerprint density at radius 3 is 2.37 bits per heavy atom. The van der Waals surface area contributed by atoms with E-state index in [1.807, 2.05) is 0 Å². The largest absolute Gasteiger partial charge is 0.465 e. The number of ether oxygens (including phenoxy) is 1. The second-order valence-electron chi connectivity index (χ2n) is 6.29. The van der Waals surface area contributed by atoms with Crippen molar-refractivity contribution in [3.8, 4) is 0 Å². The molecule has 1 fully saturated rings. The smallest absolute Gasteiger partial charge is 0.321 e. The Morgan fingerprint density at radius 1 is 1.42 bits per heavy atom. The lowest BCUT2D eigenvalue weighted by Crippen LogP contribution is -2.46. The van der Waals surface area contributed by atoms with Crippen LogP contribution in [-0.2, 0) is 19.1 Å². The van der Waals surface area contributed by atoms with Crippen LogP contribution in [0.2, 0.25) is 0 Å². The van der Waals surface area contributed by atoms with E-state index in [4.69, 9.17) is 4.74 Å².